The van der Waals surface area contributed by atoms with Crippen LogP contribution in [-0.2, 0) is 0 Å². The van der Waals surface area contributed by atoms with Gasteiger partial charge in [-0.3, -0.25) is 15.0 Å². The number of hydrogen-bond acceptors (Lipinski definition) is 4. The molecule has 5 nitrogen and oxygen atoms in total. The predicted octanol–water partition coefficient (Wildman–Crippen LogP) is 4.55. The highest BCUT2D eigenvalue weighted by Gasteiger charge is 2.22. The lowest BCUT2D eigenvalue weighted by Gasteiger charge is -2.37. The summed E-state index contributed by atoms with van der Waals surface area (Å²) < 4.78 is 0. The second-order valence-electron chi connectivity index (χ2n) is 7.44. The zero-order valence-corrected chi connectivity index (χ0v) is 16.4. The first-order chi connectivity index (χ1) is 14.2. The molecule has 3 aromatic rings. The number of nitro groups is 1. The molecule has 0 aliphatic carbocycles. The Morgan fingerprint density at radius 2 is 1.28 bits per heavy atom. The van der Waals surface area contributed by atoms with Crippen LogP contribution in [0.2, 0.25) is 0 Å². The molecular weight excluding hydrogens is 362 g/mol. The van der Waals surface area contributed by atoms with Crippen molar-refractivity contribution in [3.63, 3.8) is 0 Å². The maximum absolute atomic E-state index is 10.9. The molecule has 1 saturated heterocycles. The van der Waals surface area contributed by atoms with E-state index in [1.807, 2.05) is 12.1 Å². The molecule has 0 spiro atoms. The van der Waals surface area contributed by atoms with Gasteiger partial charge in [-0.2, -0.15) is 0 Å². The van der Waals surface area contributed by atoms with Crippen molar-refractivity contribution in [1.29, 1.82) is 0 Å². The molecule has 0 aromatic heterocycles. The summed E-state index contributed by atoms with van der Waals surface area (Å²) in [5, 5.41) is 10.9. The molecule has 1 heterocycles. The molecule has 1 fully saturated rings. The Hall–Kier alpha value is -3.18. The third-order valence-corrected chi connectivity index (χ3v) is 5.64. The zero-order chi connectivity index (χ0) is 20.1. The van der Waals surface area contributed by atoms with Crippen molar-refractivity contribution >= 4 is 11.4 Å². The molecule has 0 radical (unpaired) electrons. The first-order valence-electron chi connectivity index (χ1n) is 10.0. The quantitative estimate of drug-likeness (QED) is 0.460. The average Bonchev–Trinajstić information content (AvgIpc) is 2.79. The summed E-state index contributed by atoms with van der Waals surface area (Å²) in [6, 6.07) is 28.3. The molecule has 0 atom stereocenters. The van der Waals surface area contributed by atoms with E-state index < -0.39 is 0 Å². The van der Waals surface area contributed by atoms with Crippen LogP contribution in [0.3, 0.4) is 0 Å². The van der Waals surface area contributed by atoms with E-state index in [4.69, 9.17) is 0 Å². The lowest BCUT2D eigenvalue weighted by atomic mass is 9.90. The van der Waals surface area contributed by atoms with Gasteiger partial charge in [0.15, 0.2) is 0 Å². The van der Waals surface area contributed by atoms with E-state index in [0.717, 1.165) is 38.4 Å². The fourth-order valence-corrected chi connectivity index (χ4v) is 4.01. The minimum absolute atomic E-state index is 0.140. The van der Waals surface area contributed by atoms with Crippen LogP contribution >= 0.6 is 0 Å². The molecular formula is C24H25N3O2. The smallest absolute Gasteiger partial charge is 0.269 e. The number of rotatable bonds is 6. The largest absolute Gasteiger partial charge is 0.369 e. The maximum atomic E-state index is 10.9. The number of nitro benzene ring substituents is 1. The van der Waals surface area contributed by atoms with Gasteiger partial charge in [0.1, 0.15) is 0 Å². The summed E-state index contributed by atoms with van der Waals surface area (Å²) in [6.07, 6.45) is 0. The minimum Gasteiger partial charge on any atom is -0.369 e. The summed E-state index contributed by atoms with van der Waals surface area (Å²) in [5.41, 5.74) is 3.88. The van der Waals surface area contributed by atoms with E-state index in [2.05, 4.69) is 70.5 Å². The highest BCUT2D eigenvalue weighted by Crippen LogP contribution is 2.27. The number of anilines is 1. The number of piperazine rings is 1. The average molecular weight is 387 g/mol. The van der Waals surface area contributed by atoms with Gasteiger partial charge in [-0.05, 0) is 23.3 Å². The van der Waals surface area contributed by atoms with Crippen LogP contribution in [0.4, 0.5) is 11.4 Å². The van der Waals surface area contributed by atoms with Crippen LogP contribution in [0.1, 0.15) is 17.0 Å². The van der Waals surface area contributed by atoms with Crippen molar-refractivity contribution in [2.75, 3.05) is 37.6 Å². The summed E-state index contributed by atoms with van der Waals surface area (Å²) in [4.78, 5) is 15.3. The molecule has 3 aromatic carbocycles. The first-order valence-corrected chi connectivity index (χ1v) is 10.0. The van der Waals surface area contributed by atoms with Crippen LogP contribution in [0.5, 0.6) is 0 Å². The summed E-state index contributed by atoms with van der Waals surface area (Å²) in [7, 11) is 0. The van der Waals surface area contributed by atoms with Crippen molar-refractivity contribution in [1.82, 2.24) is 4.90 Å². The lowest BCUT2D eigenvalue weighted by Crippen LogP contribution is -2.47. The number of hydrogen-bond donors (Lipinski definition) is 0. The molecule has 0 N–H and O–H groups in total. The Kier molecular flexibility index (Phi) is 5.86. The number of benzene rings is 3. The molecule has 1 aliphatic heterocycles. The van der Waals surface area contributed by atoms with E-state index in [1.165, 1.54) is 11.1 Å². The molecule has 0 unspecified atom stereocenters. The molecule has 4 rings (SSSR count). The van der Waals surface area contributed by atoms with Gasteiger partial charge in [0.2, 0.25) is 0 Å². The molecule has 0 bridgehead atoms. The SMILES string of the molecule is O=[N+]([O-])c1ccc(N2CCN(CC(c3ccccc3)c3ccccc3)CC2)cc1. The van der Waals surface area contributed by atoms with Crippen LogP contribution in [0.15, 0.2) is 84.9 Å². The van der Waals surface area contributed by atoms with Crippen LogP contribution in [0, 0.1) is 10.1 Å². The van der Waals surface area contributed by atoms with E-state index in [1.54, 1.807) is 12.1 Å². The normalized spacial score (nSPS) is 14.9. The van der Waals surface area contributed by atoms with Gasteiger partial charge in [0.25, 0.3) is 5.69 Å². The highest BCUT2D eigenvalue weighted by molar-refractivity contribution is 5.51. The number of nitrogens with zero attached hydrogens (tertiary/aromatic N) is 3. The molecule has 0 saturated carbocycles. The summed E-state index contributed by atoms with van der Waals surface area (Å²) in [6.45, 7) is 4.80. The fraction of sp³-hybridized carbons (Fsp3) is 0.250. The van der Waals surface area contributed by atoms with Crippen LogP contribution in [0.25, 0.3) is 0 Å². The van der Waals surface area contributed by atoms with Crippen molar-refractivity contribution in [3.8, 4) is 0 Å². The van der Waals surface area contributed by atoms with Crippen molar-refractivity contribution < 1.29 is 4.92 Å². The van der Waals surface area contributed by atoms with Gasteiger partial charge in [0.05, 0.1) is 4.92 Å². The monoisotopic (exact) mass is 387 g/mol. The highest BCUT2D eigenvalue weighted by atomic mass is 16.6. The van der Waals surface area contributed by atoms with Crippen LogP contribution in [-0.4, -0.2) is 42.5 Å². The van der Waals surface area contributed by atoms with Gasteiger partial charge in [-0.25, -0.2) is 0 Å². The third kappa shape index (κ3) is 4.63. The van der Waals surface area contributed by atoms with Gasteiger partial charge >= 0.3 is 0 Å². The molecule has 29 heavy (non-hydrogen) atoms. The Morgan fingerprint density at radius 1 is 0.759 bits per heavy atom. The van der Waals surface area contributed by atoms with Gasteiger partial charge in [0, 0.05) is 56.5 Å². The summed E-state index contributed by atoms with van der Waals surface area (Å²) >= 11 is 0. The second kappa shape index (κ2) is 8.88. The van der Waals surface area contributed by atoms with E-state index >= 15 is 0 Å². The lowest BCUT2D eigenvalue weighted by molar-refractivity contribution is -0.384. The molecule has 148 valence electrons. The van der Waals surface area contributed by atoms with Crippen molar-refractivity contribution in [2.45, 2.75) is 5.92 Å². The topological polar surface area (TPSA) is 49.6 Å². The summed E-state index contributed by atoms with van der Waals surface area (Å²) in [5.74, 6) is 0.350. The Bertz CT molecular complexity index is 882. The van der Waals surface area contributed by atoms with Crippen molar-refractivity contribution in [3.05, 3.63) is 106 Å². The molecule has 0 amide bonds. The Morgan fingerprint density at radius 3 is 1.76 bits per heavy atom. The maximum Gasteiger partial charge on any atom is 0.269 e. The standard InChI is InChI=1S/C24H25N3O2/c28-27(29)23-13-11-22(12-14-23)26-17-15-25(16-18-26)19-24(20-7-3-1-4-8-20)21-9-5-2-6-10-21/h1-14,24H,15-19H2. The van der Waals surface area contributed by atoms with Crippen LogP contribution < -0.4 is 4.90 Å². The fourth-order valence-electron chi connectivity index (χ4n) is 4.01. The first kappa shape index (κ1) is 19.2. The molecule has 1 aliphatic rings. The van der Waals surface area contributed by atoms with E-state index in [0.29, 0.717) is 5.92 Å². The number of non-ortho nitro benzene ring substituents is 1. The molecule has 5 heteroatoms. The third-order valence-electron chi connectivity index (χ3n) is 5.64. The Labute approximate surface area is 171 Å². The van der Waals surface area contributed by atoms with Gasteiger partial charge < -0.3 is 4.90 Å². The van der Waals surface area contributed by atoms with Gasteiger partial charge in [-0.1, -0.05) is 60.7 Å². The zero-order valence-electron chi connectivity index (χ0n) is 16.4. The van der Waals surface area contributed by atoms with Crippen molar-refractivity contribution in [2.24, 2.45) is 0 Å². The minimum atomic E-state index is -0.352. The van der Waals surface area contributed by atoms with Gasteiger partial charge in [-0.15, -0.1) is 0 Å². The second-order valence-corrected chi connectivity index (χ2v) is 7.44. The Balaban J connectivity index is 1.42. The van der Waals surface area contributed by atoms with E-state index in [-0.39, 0.29) is 10.6 Å². The predicted molar refractivity (Wildman–Crippen MR) is 116 cm³/mol. The van der Waals surface area contributed by atoms with E-state index in [9.17, 15) is 10.1 Å².